The van der Waals surface area contributed by atoms with Crippen LogP contribution < -0.4 is 20.5 Å². The Labute approximate surface area is 116 Å². The summed E-state index contributed by atoms with van der Waals surface area (Å²) in [5.74, 6) is 1.04. The van der Waals surface area contributed by atoms with Crippen LogP contribution in [0.5, 0.6) is 11.5 Å². The first-order valence-corrected chi connectivity index (χ1v) is 6.29. The van der Waals surface area contributed by atoms with Gasteiger partial charge in [0.25, 0.3) is 5.91 Å². The zero-order valence-corrected chi connectivity index (χ0v) is 10.8. The predicted octanol–water partition coefficient (Wildman–Crippen LogP) is 2.29. The molecule has 3 N–H and O–H groups in total. The number of amides is 1. The maximum absolute atomic E-state index is 12.2. The second-order valence-corrected chi connectivity index (χ2v) is 4.44. The summed E-state index contributed by atoms with van der Waals surface area (Å²) in [6.45, 7) is 1.02. The molecule has 0 fully saturated rings. The number of rotatable bonds is 2. The minimum absolute atomic E-state index is 0.215. The third kappa shape index (κ3) is 2.51. The average Bonchev–Trinajstić information content (AvgIpc) is 2.47. The van der Waals surface area contributed by atoms with E-state index in [0.717, 1.165) is 0 Å². The highest BCUT2D eigenvalue weighted by molar-refractivity contribution is 6.04. The Morgan fingerprint density at radius 1 is 1.05 bits per heavy atom. The van der Waals surface area contributed by atoms with Crippen LogP contribution in [0.2, 0.25) is 0 Å². The lowest BCUT2D eigenvalue weighted by molar-refractivity contribution is 0.102. The van der Waals surface area contributed by atoms with Crippen molar-refractivity contribution in [3.8, 4) is 11.5 Å². The van der Waals surface area contributed by atoms with Crippen LogP contribution in [0.1, 0.15) is 10.4 Å². The van der Waals surface area contributed by atoms with Gasteiger partial charge < -0.3 is 20.5 Å². The molecule has 3 rings (SSSR count). The number of anilines is 2. The number of ether oxygens (including phenoxy) is 2. The van der Waals surface area contributed by atoms with Gasteiger partial charge in [-0.2, -0.15) is 0 Å². The van der Waals surface area contributed by atoms with Crippen LogP contribution in [0.3, 0.4) is 0 Å². The van der Waals surface area contributed by atoms with E-state index in [0.29, 0.717) is 41.7 Å². The molecule has 0 saturated carbocycles. The van der Waals surface area contributed by atoms with E-state index in [2.05, 4.69) is 5.32 Å². The highest BCUT2D eigenvalue weighted by atomic mass is 16.6. The molecular formula is C15H14N2O3. The van der Waals surface area contributed by atoms with Crippen LogP contribution >= 0.6 is 0 Å². The zero-order chi connectivity index (χ0) is 13.9. The van der Waals surface area contributed by atoms with Gasteiger partial charge in [0.05, 0.1) is 0 Å². The van der Waals surface area contributed by atoms with E-state index < -0.39 is 0 Å². The number of hydrogen-bond donors (Lipinski definition) is 2. The summed E-state index contributed by atoms with van der Waals surface area (Å²) in [5, 5.41) is 2.79. The Morgan fingerprint density at radius 2 is 1.85 bits per heavy atom. The molecule has 102 valence electrons. The summed E-state index contributed by atoms with van der Waals surface area (Å²) >= 11 is 0. The lowest BCUT2D eigenvalue weighted by Crippen LogP contribution is -2.17. The molecule has 0 spiro atoms. The summed E-state index contributed by atoms with van der Waals surface area (Å²) in [5.41, 5.74) is 7.45. The van der Waals surface area contributed by atoms with Crippen molar-refractivity contribution in [2.24, 2.45) is 0 Å². The Bertz CT molecular complexity index is 655. The number of fused-ring (bicyclic) bond motifs is 1. The molecule has 5 nitrogen and oxygen atoms in total. The average molecular weight is 270 g/mol. The highest BCUT2D eigenvalue weighted by Crippen LogP contribution is 2.31. The maximum atomic E-state index is 12.2. The summed E-state index contributed by atoms with van der Waals surface area (Å²) in [7, 11) is 0. The number of nitrogens with two attached hydrogens (primary N) is 1. The molecule has 20 heavy (non-hydrogen) atoms. The van der Waals surface area contributed by atoms with E-state index in [1.54, 1.807) is 42.5 Å². The first-order chi connectivity index (χ1) is 9.72. The van der Waals surface area contributed by atoms with Crippen LogP contribution in [0.25, 0.3) is 0 Å². The van der Waals surface area contributed by atoms with Crippen molar-refractivity contribution in [1.29, 1.82) is 0 Å². The molecule has 1 aliphatic heterocycles. The lowest BCUT2D eigenvalue weighted by atomic mass is 10.1. The van der Waals surface area contributed by atoms with Crippen molar-refractivity contribution >= 4 is 17.3 Å². The van der Waals surface area contributed by atoms with Gasteiger partial charge in [0.2, 0.25) is 0 Å². The molecule has 1 aliphatic rings. The normalized spacial score (nSPS) is 12.8. The number of hydrogen-bond acceptors (Lipinski definition) is 4. The second-order valence-electron chi connectivity index (χ2n) is 4.44. The van der Waals surface area contributed by atoms with E-state index >= 15 is 0 Å². The summed E-state index contributed by atoms with van der Waals surface area (Å²) in [6, 6.07) is 12.2. The van der Waals surface area contributed by atoms with Gasteiger partial charge >= 0.3 is 0 Å². The summed E-state index contributed by atoms with van der Waals surface area (Å²) in [6.07, 6.45) is 0. The van der Waals surface area contributed by atoms with Crippen molar-refractivity contribution in [2.75, 3.05) is 24.3 Å². The molecule has 1 amide bonds. The number of carbonyl (C=O) groups excluding carboxylic acids is 1. The van der Waals surface area contributed by atoms with Gasteiger partial charge in [-0.25, -0.2) is 0 Å². The minimum Gasteiger partial charge on any atom is -0.486 e. The third-order valence-electron chi connectivity index (χ3n) is 2.95. The van der Waals surface area contributed by atoms with Gasteiger partial charge in [-0.15, -0.1) is 0 Å². The molecule has 0 unspecified atom stereocenters. The fraction of sp³-hybridized carbons (Fsp3) is 0.133. The zero-order valence-electron chi connectivity index (χ0n) is 10.8. The SMILES string of the molecule is Nc1cccc(NC(=O)c2ccc3c(c2)OCCO3)c1. The Hall–Kier alpha value is -2.69. The highest BCUT2D eigenvalue weighted by Gasteiger charge is 2.15. The summed E-state index contributed by atoms with van der Waals surface area (Å²) < 4.78 is 10.9. The number of carbonyl (C=O) groups is 1. The van der Waals surface area contributed by atoms with Crippen LogP contribution in [0.15, 0.2) is 42.5 Å². The smallest absolute Gasteiger partial charge is 0.255 e. The Balaban J connectivity index is 1.80. The fourth-order valence-corrected chi connectivity index (χ4v) is 2.00. The molecule has 1 heterocycles. The molecule has 0 atom stereocenters. The molecular weight excluding hydrogens is 256 g/mol. The second kappa shape index (κ2) is 5.13. The number of nitrogen functional groups attached to an aromatic ring is 1. The Kier molecular flexibility index (Phi) is 3.16. The van der Waals surface area contributed by atoms with Crippen LogP contribution in [-0.4, -0.2) is 19.1 Å². The maximum Gasteiger partial charge on any atom is 0.255 e. The Morgan fingerprint density at radius 3 is 2.65 bits per heavy atom. The van der Waals surface area contributed by atoms with E-state index in [9.17, 15) is 4.79 Å². The summed E-state index contributed by atoms with van der Waals surface area (Å²) in [4.78, 5) is 12.2. The quantitative estimate of drug-likeness (QED) is 0.821. The molecule has 0 aliphatic carbocycles. The number of nitrogens with one attached hydrogen (secondary N) is 1. The van der Waals surface area contributed by atoms with Gasteiger partial charge in [-0.1, -0.05) is 6.07 Å². The lowest BCUT2D eigenvalue weighted by Gasteiger charge is -2.18. The monoisotopic (exact) mass is 270 g/mol. The van der Waals surface area contributed by atoms with Crippen molar-refractivity contribution in [1.82, 2.24) is 0 Å². The first kappa shape index (κ1) is 12.3. The molecule has 5 heteroatoms. The standard InChI is InChI=1S/C15H14N2O3/c16-11-2-1-3-12(9-11)17-15(18)10-4-5-13-14(8-10)20-7-6-19-13/h1-5,8-9H,6-7,16H2,(H,17,18). The molecule has 0 aromatic heterocycles. The third-order valence-corrected chi connectivity index (χ3v) is 2.95. The van der Waals surface area contributed by atoms with E-state index in [4.69, 9.17) is 15.2 Å². The molecule has 0 radical (unpaired) electrons. The van der Waals surface area contributed by atoms with Gasteiger partial charge in [0.1, 0.15) is 13.2 Å². The van der Waals surface area contributed by atoms with E-state index in [1.165, 1.54) is 0 Å². The molecule has 0 bridgehead atoms. The topological polar surface area (TPSA) is 73.6 Å². The predicted molar refractivity (Wildman–Crippen MR) is 76.2 cm³/mol. The van der Waals surface area contributed by atoms with Crippen molar-refractivity contribution in [3.05, 3.63) is 48.0 Å². The van der Waals surface area contributed by atoms with Gasteiger partial charge in [0.15, 0.2) is 11.5 Å². The molecule has 2 aromatic rings. The van der Waals surface area contributed by atoms with E-state index in [1.807, 2.05) is 0 Å². The van der Waals surface area contributed by atoms with Crippen molar-refractivity contribution in [2.45, 2.75) is 0 Å². The van der Waals surface area contributed by atoms with Gasteiger partial charge in [0, 0.05) is 16.9 Å². The number of benzene rings is 2. The molecule has 0 saturated heterocycles. The van der Waals surface area contributed by atoms with Gasteiger partial charge in [-0.3, -0.25) is 4.79 Å². The van der Waals surface area contributed by atoms with Crippen molar-refractivity contribution in [3.63, 3.8) is 0 Å². The largest absolute Gasteiger partial charge is 0.486 e. The van der Waals surface area contributed by atoms with Crippen LogP contribution in [0.4, 0.5) is 11.4 Å². The molecule has 2 aromatic carbocycles. The fourth-order valence-electron chi connectivity index (χ4n) is 2.00. The first-order valence-electron chi connectivity index (χ1n) is 6.29. The van der Waals surface area contributed by atoms with E-state index in [-0.39, 0.29) is 5.91 Å². The van der Waals surface area contributed by atoms with Crippen LogP contribution in [-0.2, 0) is 0 Å². The van der Waals surface area contributed by atoms with Crippen LogP contribution in [0, 0.1) is 0 Å². The minimum atomic E-state index is -0.215. The van der Waals surface area contributed by atoms with Crippen molar-refractivity contribution < 1.29 is 14.3 Å². The van der Waals surface area contributed by atoms with Gasteiger partial charge in [-0.05, 0) is 36.4 Å².